The molecule has 118 valence electrons. The Morgan fingerprint density at radius 2 is 1.54 bits per heavy atom. The third-order valence-electron chi connectivity index (χ3n) is 4.29. The highest BCUT2D eigenvalue weighted by atomic mass is 79.9. The highest BCUT2D eigenvalue weighted by Gasteiger charge is 2.16. The molecule has 0 atom stereocenters. The van der Waals surface area contributed by atoms with E-state index in [1.165, 1.54) is 6.07 Å². The number of rotatable bonds is 3. The number of H-pyrrole nitrogens is 1. The lowest BCUT2D eigenvalue weighted by Crippen LogP contribution is -1.95. The maximum atomic E-state index is 14.3. The van der Waals surface area contributed by atoms with Crippen molar-refractivity contribution in [3.8, 4) is 11.3 Å². The number of benzene rings is 3. The summed E-state index contributed by atoms with van der Waals surface area (Å²) >= 11 is 3.49. The van der Waals surface area contributed by atoms with Crippen LogP contribution in [0.2, 0.25) is 0 Å². The summed E-state index contributed by atoms with van der Waals surface area (Å²) < 4.78 is 15.1. The number of aromatic amines is 1. The third kappa shape index (κ3) is 2.65. The van der Waals surface area contributed by atoms with Gasteiger partial charge in [0.1, 0.15) is 5.82 Å². The third-order valence-corrected chi connectivity index (χ3v) is 5.03. The number of nitrogens with one attached hydrogen (secondary N) is 1. The lowest BCUT2D eigenvalue weighted by atomic mass is 9.98. The second-order valence-corrected chi connectivity index (χ2v) is 6.62. The Morgan fingerprint density at radius 1 is 0.792 bits per heavy atom. The average molecular weight is 380 g/mol. The van der Waals surface area contributed by atoms with Crippen LogP contribution in [0, 0.1) is 5.82 Å². The molecule has 0 unspecified atom stereocenters. The van der Waals surface area contributed by atoms with Gasteiger partial charge >= 0.3 is 0 Å². The van der Waals surface area contributed by atoms with E-state index >= 15 is 0 Å². The summed E-state index contributed by atoms with van der Waals surface area (Å²) in [6, 6.07) is 23.5. The molecule has 0 amide bonds. The van der Waals surface area contributed by atoms with Gasteiger partial charge in [-0.1, -0.05) is 70.5 Å². The Bertz CT molecular complexity index is 985. The van der Waals surface area contributed by atoms with Crippen LogP contribution in [0.3, 0.4) is 0 Å². The van der Waals surface area contributed by atoms with Crippen LogP contribution in [-0.4, -0.2) is 4.98 Å². The van der Waals surface area contributed by atoms with Gasteiger partial charge in [-0.25, -0.2) is 4.39 Å². The SMILES string of the molecule is Fc1cccc(Br)c1Cc1c(-c2ccccc2)[nH]c2ccccc12. The Kier molecular flexibility index (Phi) is 3.95. The maximum absolute atomic E-state index is 14.3. The molecule has 0 saturated heterocycles. The molecular weight excluding hydrogens is 365 g/mol. The van der Waals surface area contributed by atoms with Crippen molar-refractivity contribution in [1.29, 1.82) is 0 Å². The molecule has 0 aliphatic rings. The molecule has 1 aromatic heterocycles. The van der Waals surface area contributed by atoms with Crippen molar-refractivity contribution in [2.24, 2.45) is 0 Å². The standard InChI is InChI=1S/C21H15BrFN/c22-18-10-6-11-19(23)17(18)13-16-15-9-4-5-12-20(15)24-21(16)14-7-2-1-3-8-14/h1-12,24H,13H2. The number of aromatic nitrogens is 1. The van der Waals surface area contributed by atoms with Crippen LogP contribution >= 0.6 is 15.9 Å². The number of hydrogen-bond acceptors (Lipinski definition) is 0. The second kappa shape index (κ2) is 6.25. The van der Waals surface area contributed by atoms with Gasteiger partial charge in [-0.3, -0.25) is 0 Å². The molecule has 0 aliphatic heterocycles. The zero-order valence-electron chi connectivity index (χ0n) is 12.9. The van der Waals surface area contributed by atoms with E-state index in [2.05, 4.69) is 45.2 Å². The summed E-state index contributed by atoms with van der Waals surface area (Å²) in [6.07, 6.45) is 0.529. The maximum Gasteiger partial charge on any atom is 0.127 e. The normalized spacial score (nSPS) is 11.1. The fourth-order valence-electron chi connectivity index (χ4n) is 3.11. The largest absolute Gasteiger partial charge is 0.354 e. The highest BCUT2D eigenvalue weighted by Crippen LogP contribution is 2.34. The molecule has 24 heavy (non-hydrogen) atoms. The van der Waals surface area contributed by atoms with E-state index in [0.717, 1.165) is 32.2 Å². The van der Waals surface area contributed by atoms with Gasteiger partial charge < -0.3 is 4.98 Å². The zero-order chi connectivity index (χ0) is 16.5. The first-order chi connectivity index (χ1) is 11.7. The van der Waals surface area contributed by atoms with Crippen LogP contribution in [-0.2, 0) is 6.42 Å². The van der Waals surface area contributed by atoms with E-state index in [9.17, 15) is 4.39 Å². The van der Waals surface area contributed by atoms with Crippen molar-refractivity contribution in [2.45, 2.75) is 6.42 Å². The summed E-state index contributed by atoms with van der Waals surface area (Å²) in [5.41, 5.74) is 5.02. The van der Waals surface area contributed by atoms with Crippen molar-refractivity contribution in [2.75, 3.05) is 0 Å². The molecule has 4 rings (SSSR count). The predicted molar refractivity (Wildman–Crippen MR) is 101 cm³/mol. The van der Waals surface area contributed by atoms with Crippen LogP contribution in [0.15, 0.2) is 77.3 Å². The zero-order valence-corrected chi connectivity index (χ0v) is 14.5. The molecule has 1 N–H and O–H groups in total. The summed E-state index contributed by atoms with van der Waals surface area (Å²) in [6.45, 7) is 0. The van der Waals surface area contributed by atoms with Gasteiger partial charge in [0.25, 0.3) is 0 Å². The number of hydrogen-bond donors (Lipinski definition) is 1. The lowest BCUT2D eigenvalue weighted by Gasteiger charge is -2.09. The topological polar surface area (TPSA) is 15.8 Å². The molecule has 0 fully saturated rings. The molecule has 4 aromatic rings. The van der Waals surface area contributed by atoms with Crippen LogP contribution in [0.5, 0.6) is 0 Å². The number of fused-ring (bicyclic) bond motifs is 1. The van der Waals surface area contributed by atoms with E-state index in [1.54, 1.807) is 6.07 Å². The molecule has 0 aliphatic carbocycles. The first kappa shape index (κ1) is 15.2. The molecule has 0 radical (unpaired) electrons. The van der Waals surface area contributed by atoms with Gasteiger partial charge in [0.2, 0.25) is 0 Å². The summed E-state index contributed by atoms with van der Waals surface area (Å²) in [5.74, 6) is -0.186. The van der Waals surface area contributed by atoms with Crippen molar-refractivity contribution >= 4 is 26.8 Å². The molecule has 3 heteroatoms. The van der Waals surface area contributed by atoms with Gasteiger partial charge in [0.05, 0.1) is 5.69 Å². The number of halogens is 2. The van der Waals surface area contributed by atoms with Crippen LogP contribution in [0.4, 0.5) is 4.39 Å². The Hall–Kier alpha value is -2.39. The predicted octanol–water partition coefficient (Wildman–Crippen LogP) is 6.33. The molecule has 0 bridgehead atoms. The Balaban J connectivity index is 1.93. The Morgan fingerprint density at radius 3 is 2.33 bits per heavy atom. The van der Waals surface area contributed by atoms with Crippen LogP contribution in [0.1, 0.15) is 11.1 Å². The molecule has 1 nitrogen and oxygen atoms in total. The molecule has 0 spiro atoms. The van der Waals surface area contributed by atoms with Gasteiger partial charge in [0, 0.05) is 27.4 Å². The first-order valence-electron chi connectivity index (χ1n) is 7.82. The minimum absolute atomic E-state index is 0.186. The van der Waals surface area contributed by atoms with E-state index in [0.29, 0.717) is 12.0 Å². The van der Waals surface area contributed by atoms with Gasteiger partial charge in [-0.2, -0.15) is 0 Å². The second-order valence-electron chi connectivity index (χ2n) is 5.77. The van der Waals surface area contributed by atoms with Crippen molar-refractivity contribution in [3.63, 3.8) is 0 Å². The van der Waals surface area contributed by atoms with Gasteiger partial charge in [-0.05, 0) is 29.3 Å². The molecule has 3 aromatic carbocycles. The quantitative estimate of drug-likeness (QED) is 0.428. The fraction of sp³-hybridized carbons (Fsp3) is 0.0476. The van der Waals surface area contributed by atoms with Gasteiger partial charge in [-0.15, -0.1) is 0 Å². The molecule has 0 saturated carbocycles. The monoisotopic (exact) mass is 379 g/mol. The highest BCUT2D eigenvalue weighted by molar-refractivity contribution is 9.10. The Labute approximate surface area is 148 Å². The minimum Gasteiger partial charge on any atom is -0.354 e. The van der Waals surface area contributed by atoms with E-state index < -0.39 is 0 Å². The number of para-hydroxylation sites is 1. The summed E-state index contributed by atoms with van der Waals surface area (Å²) in [5, 5.41) is 1.13. The molecule has 1 heterocycles. The lowest BCUT2D eigenvalue weighted by molar-refractivity contribution is 0.613. The van der Waals surface area contributed by atoms with E-state index in [1.807, 2.05) is 36.4 Å². The fourth-order valence-corrected chi connectivity index (χ4v) is 3.60. The first-order valence-corrected chi connectivity index (χ1v) is 8.61. The van der Waals surface area contributed by atoms with E-state index in [-0.39, 0.29) is 5.82 Å². The van der Waals surface area contributed by atoms with E-state index in [4.69, 9.17) is 0 Å². The van der Waals surface area contributed by atoms with Crippen LogP contribution < -0.4 is 0 Å². The smallest absolute Gasteiger partial charge is 0.127 e. The van der Waals surface area contributed by atoms with Crippen molar-refractivity contribution in [1.82, 2.24) is 4.98 Å². The van der Waals surface area contributed by atoms with Crippen molar-refractivity contribution < 1.29 is 4.39 Å². The average Bonchev–Trinajstić information content (AvgIpc) is 2.98. The van der Waals surface area contributed by atoms with Crippen LogP contribution in [0.25, 0.3) is 22.2 Å². The van der Waals surface area contributed by atoms with Gasteiger partial charge in [0.15, 0.2) is 0 Å². The molecular formula is C21H15BrFN. The summed E-state index contributed by atoms with van der Waals surface area (Å²) in [7, 11) is 0. The van der Waals surface area contributed by atoms with Crippen molar-refractivity contribution in [3.05, 3.63) is 94.2 Å². The summed E-state index contributed by atoms with van der Waals surface area (Å²) in [4.78, 5) is 3.50. The minimum atomic E-state index is -0.186.